The third-order valence-electron chi connectivity index (χ3n) is 4.10. The monoisotopic (exact) mass is 340 g/mol. The van der Waals surface area contributed by atoms with Gasteiger partial charge in [0.1, 0.15) is 11.9 Å². The predicted molar refractivity (Wildman–Crippen MR) is 85.5 cm³/mol. The van der Waals surface area contributed by atoms with Crippen molar-refractivity contribution in [3.8, 4) is 11.6 Å². The van der Waals surface area contributed by atoms with Gasteiger partial charge in [-0.2, -0.15) is 0 Å². The first-order valence-corrected chi connectivity index (χ1v) is 7.37. The van der Waals surface area contributed by atoms with Gasteiger partial charge in [0.2, 0.25) is 5.88 Å². The van der Waals surface area contributed by atoms with Gasteiger partial charge in [0.15, 0.2) is 11.2 Å². The molecule has 0 aliphatic carbocycles. The summed E-state index contributed by atoms with van der Waals surface area (Å²) in [6.07, 6.45) is -0.198. The Kier molecular flexibility index (Phi) is 3.11. The third kappa shape index (κ3) is 2.17. The first-order valence-electron chi connectivity index (χ1n) is 7.37. The fourth-order valence-electron chi connectivity index (χ4n) is 2.99. The van der Waals surface area contributed by atoms with Crippen molar-refractivity contribution in [2.45, 2.75) is 12.8 Å². The lowest BCUT2D eigenvalue weighted by atomic mass is 9.92. The van der Waals surface area contributed by atoms with Crippen LogP contribution in [0.5, 0.6) is 11.6 Å². The van der Waals surface area contributed by atoms with Crippen LogP contribution in [0.15, 0.2) is 39.8 Å². The zero-order chi connectivity index (χ0) is 17.7. The van der Waals surface area contributed by atoms with E-state index in [1.54, 1.807) is 31.2 Å². The molecule has 3 N–H and O–H groups in total. The molecule has 9 heteroatoms. The van der Waals surface area contributed by atoms with Crippen LogP contribution in [0.3, 0.4) is 0 Å². The Balaban J connectivity index is 1.98. The molecule has 126 valence electrons. The number of benzene rings is 1. The van der Waals surface area contributed by atoms with Crippen LogP contribution in [0.1, 0.15) is 24.0 Å². The van der Waals surface area contributed by atoms with Gasteiger partial charge < -0.3 is 14.3 Å². The maximum Gasteiger partial charge on any atom is 0.424 e. The molecule has 1 amide bonds. The summed E-state index contributed by atoms with van der Waals surface area (Å²) in [6.45, 7) is 1.72. The quantitative estimate of drug-likeness (QED) is 0.580. The minimum Gasteiger partial charge on any atom is -0.464 e. The van der Waals surface area contributed by atoms with Gasteiger partial charge in [0.05, 0.1) is 16.5 Å². The molecule has 1 atom stereocenters. The van der Waals surface area contributed by atoms with Crippen LogP contribution in [0.25, 0.3) is 11.0 Å². The summed E-state index contributed by atoms with van der Waals surface area (Å²) >= 11 is 0. The van der Waals surface area contributed by atoms with E-state index < -0.39 is 17.6 Å². The van der Waals surface area contributed by atoms with Crippen molar-refractivity contribution < 1.29 is 19.1 Å². The Bertz CT molecular complexity index is 1150. The summed E-state index contributed by atoms with van der Waals surface area (Å²) < 4.78 is 12.1. The fourth-order valence-corrected chi connectivity index (χ4v) is 2.99. The number of fused-ring (bicyclic) bond motifs is 4. The van der Waals surface area contributed by atoms with Crippen molar-refractivity contribution >= 4 is 17.1 Å². The minimum absolute atomic E-state index is 0.157. The molecule has 1 unspecified atom stereocenters. The number of rotatable bonds is 1. The minimum atomic E-state index is -1.34. The van der Waals surface area contributed by atoms with E-state index in [-0.39, 0.29) is 16.9 Å². The molecule has 0 spiro atoms. The molecule has 1 aliphatic heterocycles. The second-order valence-corrected chi connectivity index (χ2v) is 5.55. The molecule has 0 saturated heterocycles. The van der Waals surface area contributed by atoms with Crippen LogP contribution >= 0.6 is 0 Å². The van der Waals surface area contributed by atoms with Crippen molar-refractivity contribution in [1.82, 2.24) is 9.66 Å². The predicted octanol–water partition coefficient (Wildman–Crippen LogP) is 1.95. The van der Waals surface area contributed by atoms with Crippen molar-refractivity contribution in [2.24, 2.45) is 0 Å². The number of carbonyl (C=O) groups is 1. The van der Waals surface area contributed by atoms with E-state index >= 15 is 0 Å². The SMILES string of the molecule is CC1c2c(c3ccccc3oc2=O)Oc2ncn(NC(=O)O)c(=N)c21. The lowest BCUT2D eigenvalue weighted by molar-refractivity contribution is 0.205. The van der Waals surface area contributed by atoms with Gasteiger partial charge in [0.25, 0.3) is 0 Å². The molecule has 1 aliphatic rings. The van der Waals surface area contributed by atoms with Crippen molar-refractivity contribution in [3.05, 3.63) is 57.6 Å². The molecule has 1 aromatic carbocycles. The van der Waals surface area contributed by atoms with Gasteiger partial charge in [-0.1, -0.05) is 19.1 Å². The number of ether oxygens (including phenoxy) is 1. The lowest BCUT2D eigenvalue weighted by Gasteiger charge is -2.25. The zero-order valence-corrected chi connectivity index (χ0v) is 12.9. The number of amides is 1. The molecule has 2 aromatic heterocycles. The first kappa shape index (κ1) is 14.9. The van der Waals surface area contributed by atoms with Crippen molar-refractivity contribution in [2.75, 3.05) is 5.43 Å². The topological polar surface area (TPSA) is 130 Å². The number of nitrogens with zero attached hydrogens (tertiary/aromatic N) is 2. The molecule has 25 heavy (non-hydrogen) atoms. The molecule has 0 radical (unpaired) electrons. The molecule has 0 saturated carbocycles. The van der Waals surface area contributed by atoms with E-state index in [4.69, 9.17) is 19.7 Å². The third-order valence-corrected chi connectivity index (χ3v) is 4.10. The standard InChI is InChI=1S/C16H12N4O5/c1-7-10-12(8-4-2-3-5-9(8)24-15(10)21)25-14-11(7)13(17)20(6-18-14)19-16(22)23/h2-7,17,19H,1H3,(H,22,23). The molecular weight excluding hydrogens is 328 g/mol. The van der Waals surface area contributed by atoms with Crippen LogP contribution in [-0.2, 0) is 0 Å². The van der Waals surface area contributed by atoms with E-state index in [1.165, 1.54) is 0 Å². The molecule has 0 bridgehead atoms. The van der Waals surface area contributed by atoms with E-state index in [1.807, 2.05) is 5.43 Å². The fraction of sp³-hybridized carbons (Fsp3) is 0.125. The van der Waals surface area contributed by atoms with Crippen LogP contribution in [0.2, 0.25) is 0 Å². The molecule has 0 fully saturated rings. The van der Waals surface area contributed by atoms with E-state index in [2.05, 4.69) is 4.98 Å². The number of para-hydroxylation sites is 1. The van der Waals surface area contributed by atoms with Crippen LogP contribution < -0.4 is 21.3 Å². The summed E-state index contributed by atoms with van der Waals surface area (Å²) in [6, 6.07) is 6.98. The molecule has 4 rings (SSSR count). The van der Waals surface area contributed by atoms with Crippen molar-refractivity contribution in [3.63, 3.8) is 0 Å². The highest BCUT2D eigenvalue weighted by Gasteiger charge is 2.32. The van der Waals surface area contributed by atoms with Crippen LogP contribution in [-0.4, -0.2) is 20.9 Å². The average Bonchev–Trinajstić information content (AvgIpc) is 2.57. The highest BCUT2D eigenvalue weighted by molar-refractivity contribution is 5.85. The van der Waals surface area contributed by atoms with Crippen LogP contribution in [0.4, 0.5) is 4.79 Å². The Morgan fingerprint density at radius 3 is 2.88 bits per heavy atom. The summed E-state index contributed by atoms with van der Waals surface area (Å²) in [5.74, 6) is -0.0467. The Hall–Kier alpha value is -3.62. The van der Waals surface area contributed by atoms with Gasteiger partial charge in [-0.15, -0.1) is 0 Å². The number of nitrogens with one attached hydrogen (secondary N) is 2. The summed E-state index contributed by atoms with van der Waals surface area (Å²) in [4.78, 5) is 27.3. The Labute approximate surface area is 139 Å². The second-order valence-electron chi connectivity index (χ2n) is 5.55. The van der Waals surface area contributed by atoms with Crippen molar-refractivity contribution in [1.29, 1.82) is 5.41 Å². The maximum absolute atomic E-state index is 12.4. The number of carboxylic acid groups (broad SMARTS) is 1. The first-order chi connectivity index (χ1) is 12.0. The number of hydrogen-bond acceptors (Lipinski definition) is 6. The van der Waals surface area contributed by atoms with E-state index in [0.717, 1.165) is 11.0 Å². The highest BCUT2D eigenvalue weighted by Crippen LogP contribution is 2.42. The van der Waals surface area contributed by atoms with Crippen LogP contribution in [0, 0.1) is 5.41 Å². The number of aromatic nitrogens is 2. The molecule has 3 aromatic rings. The van der Waals surface area contributed by atoms with Gasteiger partial charge in [-0.25, -0.2) is 24.7 Å². The maximum atomic E-state index is 12.4. The van der Waals surface area contributed by atoms with Gasteiger partial charge in [-0.05, 0) is 12.1 Å². The smallest absolute Gasteiger partial charge is 0.424 e. The highest BCUT2D eigenvalue weighted by atomic mass is 16.5. The van der Waals surface area contributed by atoms with Gasteiger partial charge in [-0.3, -0.25) is 5.41 Å². The zero-order valence-electron chi connectivity index (χ0n) is 12.9. The Morgan fingerprint density at radius 2 is 2.12 bits per heavy atom. The summed E-state index contributed by atoms with van der Waals surface area (Å²) in [7, 11) is 0. The largest absolute Gasteiger partial charge is 0.464 e. The van der Waals surface area contributed by atoms with Gasteiger partial charge >= 0.3 is 11.7 Å². The lowest BCUT2D eigenvalue weighted by Crippen LogP contribution is -2.36. The molecule has 9 nitrogen and oxygen atoms in total. The van der Waals surface area contributed by atoms with E-state index in [9.17, 15) is 9.59 Å². The summed E-state index contributed by atoms with van der Waals surface area (Å²) in [5, 5.41) is 17.7. The summed E-state index contributed by atoms with van der Waals surface area (Å²) in [5.41, 5.74) is 2.27. The Morgan fingerprint density at radius 1 is 1.36 bits per heavy atom. The molecule has 3 heterocycles. The molecular formula is C16H12N4O5. The van der Waals surface area contributed by atoms with Gasteiger partial charge in [0, 0.05) is 5.92 Å². The number of hydrogen-bond donors (Lipinski definition) is 3. The van der Waals surface area contributed by atoms with E-state index in [0.29, 0.717) is 22.3 Å². The average molecular weight is 340 g/mol. The second kappa shape index (κ2) is 5.20. The normalized spacial score (nSPS) is 15.2.